The number of benzene rings is 1. The van der Waals surface area contributed by atoms with Gasteiger partial charge in [0, 0.05) is 12.1 Å². The van der Waals surface area contributed by atoms with Gasteiger partial charge < -0.3 is 13.9 Å². The number of hydrogen-bond acceptors (Lipinski definition) is 8. The third kappa shape index (κ3) is 4.65. The fourth-order valence-electron chi connectivity index (χ4n) is 3.53. The van der Waals surface area contributed by atoms with Gasteiger partial charge in [0.1, 0.15) is 28.8 Å². The summed E-state index contributed by atoms with van der Waals surface area (Å²) in [7, 11) is -0.709. The summed E-state index contributed by atoms with van der Waals surface area (Å²) in [6.45, 7) is 1.58. The second-order valence-electron chi connectivity index (χ2n) is 7.55. The Labute approximate surface area is 196 Å². The van der Waals surface area contributed by atoms with Crippen LogP contribution in [0.4, 0.5) is 4.39 Å². The number of para-hydroxylation sites is 1. The lowest BCUT2D eigenvalue weighted by atomic mass is 10.2. The third-order valence-corrected chi connectivity index (χ3v) is 7.38. The van der Waals surface area contributed by atoms with Crippen LogP contribution in [0.2, 0.25) is 0 Å². The minimum atomic E-state index is -3.72. The number of ether oxygens (including phenoxy) is 2. The molecule has 0 spiro atoms. The Balaban J connectivity index is 1.77. The Morgan fingerprint density at radius 1 is 1.06 bits per heavy atom. The molecule has 0 N–H and O–H groups in total. The van der Waals surface area contributed by atoms with Crippen LogP contribution in [0.25, 0.3) is 17.3 Å². The molecule has 0 aliphatic rings. The first-order chi connectivity index (χ1) is 16.3. The zero-order chi connectivity index (χ0) is 24.3. The monoisotopic (exact) mass is 486 g/mol. The van der Waals surface area contributed by atoms with E-state index in [2.05, 4.69) is 15.2 Å². The molecule has 4 aromatic rings. The first-order valence-electron chi connectivity index (χ1n) is 10.4. The molecular weight excluding hydrogens is 463 g/mol. The lowest BCUT2D eigenvalue weighted by Gasteiger charge is -2.18. The van der Waals surface area contributed by atoms with E-state index in [0.717, 1.165) is 6.20 Å². The van der Waals surface area contributed by atoms with Crippen molar-refractivity contribution in [2.75, 3.05) is 14.2 Å². The van der Waals surface area contributed by atoms with Crippen molar-refractivity contribution in [1.29, 1.82) is 0 Å². The van der Waals surface area contributed by atoms with Gasteiger partial charge in [-0.15, -0.1) is 10.2 Å². The highest BCUT2D eigenvalue weighted by Crippen LogP contribution is 2.36. The number of methoxy groups -OCH3 is 2. The zero-order valence-electron chi connectivity index (χ0n) is 18.8. The molecule has 0 fully saturated rings. The summed E-state index contributed by atoms with van der Waals surface area (Å²) in [5.74, 6) is 0.836. The van der Waals surface area contributed by atoms with Gasteiger partial charge in [-0.2, -0.15) is 0 Å². The molecule has 0 saturated heterocycles. The summed E-state index contributed by atoms with van der Waals surface area (Å²) in [5, 5.41) is 7.59. The van der Waals surface area contributed by atoms with E-state index in [0.29, 0.717) is 34.5 Å². The Bertz CT molecular complexity index is 1350. The van der Waals surface area contributed by atoms with E-state index in [1.165, 1.54) is 32.6 Å². The topological polar surface area (TPSA) is 109 Å². The fourth-order valence-corrected chi connectivity index (χ4v) is 4.79. The van der Waals surface area contributed by atoms with Crippen molar-refractivity contribution in [3.05, 3.63) is 72.3 Å². The van der Waals surface area contributed by atoms with Crippen molar-refractivity contribution in [3.8, 4) is 28.8 Å². The highest BCUT2D eigenvalue weighted by atomic mass is 32.2. The summed E-state index contributed by atoms with van der Waals surface area (Å²) in [5.41, 5.74) is 0.920. The van der Waals surface area contributed by atoms with Crippen LogP contribution in [0.15, 0.2) is 59.3 Å². The minimum Gasteiger partial charge on any atom is -0.494 e. The van der Waals surface area contributed by atoms with Crippen molar-refractivity contribution in [3.63, 3.8) is 0 Å². The van der Waals surface area contributed by atoms with Gasteiger partial charge in [-0.25, -0.2) is 12.8 Å². The van der Waals surface area contributed by atoms with Crippen LogP contribution >= 0.6 is 0 Å². The molecule has 0 amide bonds. The maximum absolute atomic E-state index is 13.3. The molecule has 11 heteroatoms. The van der Waals surface area contributed by atoms with E-state index in [4.69, 9.17) is 13.9 Å². The van der Waals surface area contributed by atoms with Crippen LogP contribution in [-0.4, -0.2) is 47.6 Å². The third-order valence-electron chi connectivity index (χ3n) is 5.33. The molecule has 9 nitrogen and oxygen atoms in total. The first-order valence-corrected chi connectivity index (χ1v) is 12.1. The largest absolute Gasteiger partial charge is 0.494 e. The first kappa shape index (κ1) is 23.4. The molecular formula is C23H23FN4O5S. The molecule has 0 radical (unpaired) electrons. The number of furan rings is 1. The van der Waals surface area contributed by atoms with E-state index >= 15 is 0 Å². The molecule has 3 aromatic heterocycles. The molecule has 0 aliphatic carbocycles. The summed E-state index contributed by atoms with van der Waals surface area (Å²) in [4.78, 5) is 3.97. The van der Waals surface area contributed by atoms with Gasteiger partial charge in [0.25, 0.3) is 0 Å². The Morgan fingerprint density at radius 3 is 2.38 bits per heavy atom. The highest BCUT2D eigenvalue weighted by molar-refractivity contribution is 7.91. The van der Waals surface area contributed by atoms with Gasteiger partial charge in [0.05, 0.1) is 31.9 Å². The molecule has 34 heavy (non-hydrogen) atoms. The summed E-state index contributed by atoms with van der Waals surface area (Å²) in [6, 6.07) is 11.3. The van der Waals surface area contributed by atoms with Gasteiger partial charge in [-0.3, -0.25) is 9.55 Å². The maximum atomic E-state index is 13.3. The highest BCUT2D eigenvalue weighted by Gasteiger charge is 2.29. The smallest absolute Gasteiger partial charge is 0.204 e. The van der Waals surface area contributed by atoms with Crippen LogP contribution < -0.4 is 9.47 Å². The van der Waals surface area contributed by atoms with Crippen molar-refractivity contribution in [2.45, 2.75) is 24.3 Å². The van der Waals surface area contributed by atoms with E-state index in [-0.39, 0.29) is 12.2 Å². The van der Waals surface area contributed by atoms with Gasteiger partial charge in [-0.05, 0) is 43.3 Å². The number of hydrogen-bond donors (Lipinski definition) is 0. The van der Waals surface area contributed by atoms with Gasteiger partial charge >= 0.3 is 0 Å². The second kappa shape index (κ2) is 9.64. The Morgan fingerprint density at radius 2 is 1.79 bits per heavy atom. The molecule has 178 valence electrons. The van der Waals surface area contributed by atoms with Gasteiger partial charge in [0.2, 0.25) is 5.82 Å². The van der Waals surface area contributed by atoms with E-state index in [1.54, 1.807) is 41.8 Å². The van der Waals surface area contributed by atoms with E-state index < -0.39 is 26.7 Å². The van der Waals surface area contributed by atoms with Crippen LogP contribution in [0, 0.1) is 5.82 Å². The van der Waals surface area contributed by atoms with Crippen LogP contribution in [0.5, 0.6) is 11.5 Å². The number of sulfone groups is 1. The summed E-state index contributed by atoms with van der Waals surface area (Å²) >= 11 is 0. The fraction of sp³-hybridized carbons (Fsp3) is 0.261. The van der Waals surface area contributed by atoms with Crippen molar-refractivity contribution in [2.24, 2.45) is 0 Å². The van der Waals surface area contributed by atoms with Crippen LogP contribution in [-0.2, 0) is 22.0 Å². The number of aromatic nitrogens is 4. The molecule has 0 bridgehead atoms. The normalized spacial score (nSPS) is 12.5. The Kier molecular flexibility index (Phi) is 6.64. The van der Waals surface area contributed by atoms with E-state index in [1.807, 2.05) is 0 Å². The number of pyridine rings is 1. The lowest BCUT2D eigenvalue weighted by Crippen LogP contribution is -2.24. The average molecular weight is 487 g/mol. The van der Waals surface area contributed by atoms with Crippen LogP contribution in [0.3, 0.4) is 0 Å². The van der Waals surface area contributed by atoms with Crippen molar-refractivity contribution < 1.29 is 26.7 Å². The SMILES string of the molecule is COc1cccc(OC)c1-n1c(CS(=O)(=O)[C@@H](C)Cc2ccc(F)cn2)nnc1-c1ccco1. The average Bonchev–Trinajstić information content (AvgIpc) is 3.49. The number of halogens is 1. The molecule has 3 heterocycles. The standard InChI is InChI=1S/C23H23FN4O5S/c1-15(12-17-10-9-16(24)13-25-17)34(29,30)14-21-26-27-23(20-8-5-11-33-20)28(21)22-18(31-2)6-4-7-19(22)32-3/h4-11,13,15H,12,14H2,1-3H3/t15-/m0/s1. The molecule has 4 rings (SSSR count). The molecule has 0 aliphatic heterocycles. The minimum absolute atomic E-state index is 0.125. The van der Waals surface area contributed by atoms with Crippen molar-refractivity contribution >= 4 is 9.84 Å². The quantitative estimate of drug-likeness (QED) is 0.353. The predicted molar refractivity (Wildman–Crippen MR) is 122 cm³/mol. The Hall–Kier alpha value is -3.73. The zero-order valence-corrected chi connectivity index (χ0v) is 19.6. The molecule has 1 atom stereocenters. The lowest BCUT2D eigenvalue weighted by molar-refractivity contribution is 0.390. The maximum Gasteiger partial charge on any atom is 0.204 e. The molecule has 1 aromatic carbocycles. The van der Waals surface area contributed by atoms with Gasteiger partial charge in [-0.1, -0.05) is 6.07 Å². The predicted octanol–water partition coefficient (Wildman–Crippen LogP) is 3.62. The summed E-state index contributed by atoms with van der Waals surface area (Å²) < 4.78 is 57.9. The second-order valence-corrected chi connectivity index (χ2v) is 9.97. The van der Waals surface area contributed by atoms with Crippen molar-refractivity contribution in [1.82, 2.24) is 19.7 Å². The van der Waals surface area contributed by atoms with Crippen LogP contribution in [0.1, 0.15) is 18.4 Å². The number of nitrogens with zero attached hydrogens (tertiary/aromatic N) is 4. The number of rotatable bonds is 9. The summed E-state index contributed by atoms with van der Waals surface area (Å²) in [6.07, 6.45) is 2.68. The molecule has 0 unspecified atom stereocenters. The van der Waals surface area contributed by atoms with Gasteiger partial charge in [0.15, 0.2) is 21.4 Å². The molecule has 0 saturated carbocycles. The van der Waals surface area contributed by atoms with E-state index in [9.17, 15) is 12.8 Å².